The molecule has 0 spiro atoms. The van der Waals surface area contributed by atoms with E-state index >= 15 is 0 Å². The van der Waals surface area contributed by atoms with Crippen molar-refractivity contribution >= 4 is 17.8 Å². The number of alkyl halides is 3. The van der Waals surface area contributed by atoms with E-state index in [-0.39, 0.29) is 55.6 Å². The molecule has 1 atom stereocenters. The van der Waals surface area contributed by atoms with Crippen LogP contribution in [0.1, 0.15) is 41.7 Å². The second-order valence-corrected chi connectivity index (χ2v) is 12.4. The fourth-order valence-electron chi connectivity index (χ4n) is 7.00. The second kappa shape index (κ2) is 13.9. The predicted molar refractivity (Wildman–Crippen MR) is 165 cm³/mol. The number of morpholine rings is 1. The Morgan fingerprint density at radius 2 is 1.72 bits per heavy atom. The van der Waals surface area contributed by atoms with Crippen LogP contribution in [0.5, 0.6) is 0 Å². The molecule has 1 N–H and O–H groups in total. The van der Waals surface area contributed by atoms with Gasteiger partial charge in [0.15, 0.2) is 5.69 Å². The zero-order valence-electron chi connectivity index (χ0n) is 26.0. The summed E-state index contributed by atoms with van der Waals surface area (Å²) in [6.45, 7) is 2.30. The third kappa shape index (κ3) is 7.36. The minimum absolute atomic E-state index is 0.0315. The van der Waals surface area contributed by atoms with Crippen LogP contribution in [0.2, 0.25) is 0 Å². The molecular formula is C34H38F3N5O5. The summed E-state index contributed by atoms with van der Waals surface area (Å²) in [6.07, 6.45) is -2.21. The maximum absolute atomic E-state index is 14.3. The lowest BCUT2D eigenvalue weighted by Crippen LogP contribution is -2.54. The first-order chi connectivity index (χ1) is 22.6. The highest BCUT2D eigenvalue weighted by molar-refractivity contribution is 5.98. The van der Waals surface area contributed by atoms with Crippen molar-refractivity contribution in [2.45, 2.75) is 62.5 Å². The Morgan fingerprint density at radius 1 is 1.02 bits per heavy atom. The Kier molecular flexibility index (Phi) is 9.65. The molecule has 10 nitrogen and oxygen atoms in total. The Bertz CT molecular complexity index is 1560. The summed E-state index contributed by atoms with van der Waals surface area (Å²) < 4.78 is 52.9. The number of amides is 2. The molecule has 2 aliphatic heterocycles. The number of rotatable bonds is 8. The molecule has 0 unspecified atom stereocenters. The van der Waals surface area contributed by atoms with Crippen molar-refractivity contribution in [2.24, 2.45) is 0 Å². The normalized spacial score (nSPS) is 23.9. The van der Waals surface area contributed by atoms with Crippen LogP contribution in [0, 0.1) is 0 Å². The number of imidazole rings is 1. The molecule has 3 aromatic rings. The van der Waals surface area contributed by atoms with Crippen molar-refractivity contribution in [2.75, 3.05) is 39.4 Å². The van der Waals surface area contributed by atoms with Crippen molar-refractivity contribution in [1.29, 1.82) is 0 Å². The standard InChI is InChI=1S/C34H38F3N5O5/c35-34(36,37)32(45)47-33(13-11-26(12-14-33)41-17-18-46-21-28(41)43)22-40-23-39-29(30(40)25-9-5-2-6-10-25)31(44)42-16-15-38-20-27(42)19-24-7-3-1-4-8-24/h1-10,23,26-27,38H,11-22H2/t26?,27-,33?/m1/s1. The van der Waals surface area contributed by atoms with Gasteiger partial charge >= 0.3 is 12.1 Å². The smallest absolute Gasteiger partial charge is 0.451 e. The van der Waals surface area contributed by atoms with E-state index < -0.39 is 17.7 Å². The van der Waals surface area contributed by atoms with Crippen molar-refractivity contribution < 1.29 is 37.0 Å². The van der Waals surface area contributed by atoms with Crippen LogP contribution in [0.15, 0.2) is 67.0 Å². The third-order valence-corrected chi connectivity index (χ3v) is 9.34. The maximum atomic E-state index is 14.3. The molecule has 0 radical (unpaired) electrons. The molecule has 13 heteroatoms. The highest BCUT2D eigenvalue weighted by Crippen LogP contribution is 2.39. The molecule has 3 fully saturated rings. The number of carbonyl (C=O) groups is 3. The van der Waals surface area contributed by atoms with Gasteiger partial charge in [-0.05, 0) is 37.7 Å². The van der Waals surface area contributed by atoms with Gasteiger partial charge in [-0.1, -0.05) is 60.7 Å². The number of piperazine rings is 1. The van der Waals surface area contributed by atoms with Crippen molar-refractivity contribution in [3.05, 3.63) is 78.2 Å². The minimum Gasteiger partial charge on any atom is -0.451 e. The molecule has 6 rings (SSSR count). The summed E-state index contributed by atoms with van der Waals surface area (Å²) >= 11 is 0. The summed E-state index contributed by atoms with van der Waals surface area (Å²) in [4.78, 5) is 47.2. The summed E-state index contributed by atoms with van der Waals surface area (Å²) in [5.74, 6) is -2.70. The minimum atomic E-state index is -5.18. The summed E-state index contributed by atoms with van der Waals surface area (Å²) in [7, 11) is 0. The molecule has 2 amide bonds. The van der Waals surface area contributed by atoms with Gasteiger partial charge in [0.25, 0.3) is 5.91 Å². The van der Waals surface area contributed by atoms with Gasteiger partial charge in [-0.15, -0.1) is 0 Å². The molecule has 250 valence electrons. The Balaban J connectivity index is 1.31. The number of esters is 1. The topological polar surface area (TPSA) is 106 Å². The van der Waals surface area contributed by atoms with Gasteiger partial charge in [-0.2, -0.15) is 13.2 Å². The van der Waals surface area contributed by atoms with E-state index in [1.54, 1.807) is 9.47 Å². The van der Waals surface area contributed by atoms with Crippen molar-refractivity contribution in [3.63, 3.8) is 0 Å². The largest absolute Gasteiger partial charge is 0.490 e. The first-order valence-electron chi connectivity index (χ1n) is 16.0. The van der Waals surface area contributed by atoms with E-state index in [4.69, 9.17) is 9.47 Å². The van der Waals surface area contributed by atoms with Crippen LogP contribution >= 0.6 is 0 Å². The summed E-state index contributed by atoms with van der Waals surface area (Å²) in [5, 5.41) is 3.37. The van der Waals surface area contributed by atoms with E-state index in [0.29, 0.717) is 63.3 Å². The number of nitrogens with one attached hydrogen (secondary N) is 1. The lowest BCUT2D eigenvalue weighted by molar-refractivity contribution is -0.219. The van der Waals surface area contributed by atoms with Crippen molar-refractivity contribution in [3.8, 4) is 11.3 Å². The number of hydrogen-bond donors (Lipinski definition) is 1. The van der Waals surface area contributed by atoms with E-state index in [9.17, 15) is 27.6 Å². The molecule has 0 bridgehead atoms. The van der Waals surface area contributed by atoms with Crippen LogP contribution in [0.4, 0.5) is 13.2 Å². The first kappa shape index (κ1) is 32.7. The number of halogens is 3. The van der Waals surface area contributed by atoms with Crippen LogP contribution in [0.25, 0.3) is 11.3 Å². The highest BCUT2D eigenvalue weighted by Gasteiger charge is 2.49. The van der Waals surface area contributed by atoms with E-state index in [2.05, 4.69) is 10.3 Å². The van der Waals surface area contributed by atoms with Gasteiger partial charge in [0.05, 0.1) is 25.2 Å². The van der Waals surface area contributed by atoms with Crippen LogP contribution in [0.3, 0.4) is 0 Å². The molecule has 2 saturated heterocycles. The SMILES string of the molecule is O=C1COCCN1C1CCC(Cn2cnc(C(=O)N3CCNC[C@H]3Cc3ccccc3)c2-c2ccccc2)(OC(=O)C(F)(F)F)CC1. The average molecular weight is 654 g/mol. The third-order valence-electron chi connectivity index (χ3n) is 9.34. The predicted octanol–water partition coefficient (Wildman–Crippen LogP) is 3.85. The highest BCUT2D eigenvalue weighted by atomic mass is 19.4. The number of aromatic nitrogens is 2. The van der Waals surface area contributed by atoms with Crippen LogP contribution in [-0.4, -0.2) is 100 Å². The zero-order valence-corrected chi connectivity index (χ0v) is 26.0. The molecule has 1 aromatic heterocycles. The number of nitrogens with zero attached hydrogens (tertiary/aromatic N) is 4. The molecule has 3 heterocycles. The van der Waals surface area contributed by atoms with E-state index in [1.165, 1.54) is 6.33 Å². The Hall–Kier alpha value is -4.23. The summed E-state index contributed by atoms with van der Waals surface area (Å²) in [6, 6.07) is 18.7. The Labute approximate surface area is 270 Å². The Morgan fingerprint density at radius 3 is 2.40 bits per heavy atom. The first-order valence-corrected chi connectivity index (χ1v) is 16.0. The van der Waals surface area contributed by atoms with Gasteiger partial charge in [-0.25, -0.2) is 9.78 Å². The number of carbonyl (C=O) groups excluding carboxylic acids is 3. The molecule has 2 aromatic carbocycles. The number of hydrogen-bond acceptors (Lipinski definition) is 7. The molecular weight excluding hydrogens is 615 g/mol. The summed E-state index contributed by atoms with van der Waals surface area (Å²) in [5.41, 5.74) is 0.846. The molecule has 47 heavy (non-hydrogen) atoms. The van der Waals surface area contributed by atoms with Crippen LogP contribution in [-0.2, 0) is 32.0 Å². The monoisotopic (exact) mass is 653 g/mol. The van der Waals surface area contributed by atoms with Gasteiger partial charge in [0.1, 0.15) is 12.2 Å². The fraction of sp³-hybridized carbons (Fsp3) is 0.471. The molecule has 1 saturated carbocycles. The van der Waals surface area contributed by atoms with E-state index in [0.717, 1.165) is 5.56 Å². The van der Waals surface area contributed by atoms with Gasteiger partial charge in [-0.3, -0.25) is 9.59 Å². The second-order valence-electron chi connectivity index (χ2n) is 12.4. The van der Waals surface area contributed by atoms with Crippen molar-refractivity contribution in [1.82, 2.24) is 24.7 Å². The van der Waals surface area contributed by atoms with E-state index in [1.807, 2.05) is 65.6 Å². The van der Waals surface area contributed by atoms with Crippen LogP contribution < -0.4 is 5.32 Å². The van der Waals surface area contributed by atoms with Gasteiger partial charge in [0.2, 0.25) is 5.91 Å². The number of benzene rings is 2. The lowest BCUT2D eigenvalue weighted by Gasteiger charge is -2.44. The average Bonchev–Trinajstić information content (AvgIpc) is 3.49. The maximum Gasteiger partial charge on any atom is 0.490 e. The number of ether oxygens (including phenoxy) is 2. The van der Waals surface area contributed by atoms with Gasteiger partial charge in [0, 0.05) is 43.8 Å². The molecule has 3 aliphatic rings. The molecule has 1 aliphatic carbocycles. The quantitative estimate of drug-likeness (QED) is 0.369. The lowest BCUT2D eigenvalue weighted by atomic mass is 9.80. The van der Waals surface area contributed by atoms with Gasteiger partial charge < -0.3 is 29.2 Å². The fourth-order valence-corrected chi connectivity index (χ4v) is 7.00. The zero-order chi connectivity index (χ0) is 33.0.